The molecule has 1 atom stereocenters. The highest BCUT2D eigenvalue weighted by atomic mass is 19.1. The minimum atomic E-state index is -1.26. The molecule has 0 saturated carbocycles. The van der Waals surface area contributed by atoms with Crippen LogP contribution in [0, 0.1) is 19.7 Å². The summed E-state index contributed by atoms with van der Waals surface area (Å²) < 4.78 is 14.6. The Labute approximate surface area is 180 Å². The number of Topliss-reactive ketones (excluding diaryl/α,β-unsaturated/α-hetero) is 1. The minimum absolute atomic E-state index is 0.185. The second-order valence-electron chi connectivity index (χ2n) is 7.54. The molecular formula is C25H22FN3O2. The van der Waals surface area contributed by atoms with Crippen LogP contribution in [0.4, 0.5) is 10.1 Å². The Morgan fingerprint density at radius 2 is 1.61 bits per heavy atom. The molecule has 1 heterocycles. The zero-order valence-electron chi connectivity index (χ0n) is 17.3. The summed E-state index contributed by atoms with van der Waals surface area (Å²) >= 11 is 0. The van der Waals surface area contributed by atoms with E-state index in [1.165, 1.54) is 11.0 Å². The number of nitrogens with zero attached hydrogens (tertiary/aromatic N) is 2. The maximum absolute atomic E-state index is 14.6. The van der Waals surface area contributed by atoms with Crippen LogP contribution in [-0.4, -0.2) is 30.1 Å². The Bertz CT molecular complexity index is 1220. The number of para-hydroxylation sites is 1. The van der Waals surface area contributed by atoms with Gasteiger partial charge < -0.3 is 10.6 Å². The summed E-state index contributed by atoms with van der Waals surface area (Å²) in [5, 5.41) is 0. The third-order valence-corrected chi connectivity index (χ3v) is 5.43. The normalized spacial score (nSPS) is 15.9. The maximum Gasteiger partial charge on any atom is 0.266 e. The summed E-state index contributed by atoms with van der Waals surface area (Å²) in [7, 11) is 0. The van der Waals surface area contributed by atoms with Gasteiger partial charge in [-0.15, -0.1) is 0 Å². The van der Waals surface area contributed by atoms with E-state index in [4.69, 9.17) is 5.73 Å². The quantitative estimate of drug-likeness (QED) is 0.659. The third-order valence-electron chi connectivity index (χ3n) is 5.43. The summed E-state index contributed by atoms with van der Waals surface area (Å²) in [5.74, 6) is -1.18. The first-order valence-corrected chi connectivity index (χ1v) is 9.97. The van der Waals surface area contributed by atoms with Gasteiger partial charge in [-0.05, 0) is 37.1 Å². The smallest absolute Gasteiger partial charge is 0.266 e. The van der Waals surface area contributed by atoms with E-state index in [-0.39, 0.29) is 17.9 Å². The number of amides is 1. The first-order valence-electron chi connectivity index (χ1n) is 9.97. The van der Waals surface area contributed by atoms with Crippen molar-refractivity contribution in [3.63, 3.8) is 0 Å². The number of benzodiazepines with no additional fused rings is 1. The van der Waals surface area contributed by atoms with Gasteiger partial charge in [0.2, 0.25) is 0 Å². The Balaban J connectivity index is 1.85. The van der Waals surface area contributed by atoms with E-state index in [0.29, 0.717) is 22.5 Å². The molecule has 0 fully saturated rings. The molecule has 5 nitrogen and oxygen atoms in total. The fourth-order valence-electron chi connectivity index (χ4n) is 3.88. The molecule has 3 aromatic carbocycles. The van der Waals surface area contributed by atoms with Gasteiger partial charge in [0.1, 0.15) is 5.82 Å². The second-order valence-corrected chi connectivity index (χ2v) is 7.54. The number of carbonyl (C=O) groups is 2. The maximum atomic E-state index is 14.6. The number of rotatable bonds is 4. The number of hydrogen-bond donors (Lipinski definition) is 1. The molecule has 0 radical (unpaired) electrons. The number of aryl methyl sites for hydroxylation is 2. The van der Waals surface area contributed by atoms with Crippen LogP contribution in [0.1, 0.15) is 32.6 Å². The largest absolute Gasteiger partial charge is 0.302 e. The van der Waals surface area contributed by atoms with Crippen molar-refractivity contribution in [2.75, 3.05) is 11.4 Å². The zero-order chi connectivity index (χ0) is 22.1. The molecule has 4 rings (SSSR count). The third kappa shape index (κ3) is 3.78. The lowest BCUT2D eigenvalue weighted by molar-refractivity contribution is -0.119. The molecule has 6 heteroatoms. The molecule has 0 spiro atoms. The van der Waals surface area contributed by atoms with Gasteiger partial charge in [-0.2, -0.15) is 0 Å². The predicted molar refractivity (Wildman–Crippen MR) is 119 cm³/mol. The Hall–Kier alpha value is -3.64. The first kappa shape index (κ1) is 20.6. The van der Waals surface area contributed by atoms with Crippen molar-refractivity contribution < 1.29 is 14.0 Å². The molecule has 156 valence electrons. The fourth-order valence-corrected chi connectivity index (χ4v) is 3.88. The number of aliphatic imine (C=N–C) groups is 1. The number of fused-ring (bicyclic) bond motifs is 1. The van der Waals surface area contributed by atoms with Crippen molar-refractivity contribution in [3.8, 4) is 0 Å². The van der Waals surface area contributed by atoms with E-state index >= 15 is 0 Å². The van der Waals surface area contributed by atoms with Crippen molar-refractivity contribution in [1.82, 2.24) is 0 Å². The average molecular weight is 415 g/mol. The molecule has 1 unspecified atom stereocenters. The second kappa shape index (κ2) is 8.24. The molecule has 1 aliphatic heterocycles. The highest BCUT2D eigenvalue weighted by Gasteiger charge is 2.33. The predicted octanol–water partition coefficient (Wildman–Crippen LogP) is 3.79. The molecule has 1 amide bonds. The molecular weight excluding hydrogens is 393 g/mol. The van der Waals surface area contributed by atoms with Gasteiger partial charge >= 0.3 is 0 Å². The Kier molecular flexibility index (Phi) is 5.48. The van der Waals surface area contributed by atoms with E-state index in [0.717, 1.165) is 11.1 Å². The lowest BCUT2D eigenvalue weighted by Gasteiger charge is -2.25. The lowest BCUT2D eigenvalue weighted by atomic mass is 9.97. The SMILES string of the molecule is Cc1ccccc1C(=O)CN1C(=O)C(N)N=C(c2ccccc2F)c2cccc(C)c21. The van der Waals surface area contributed by atoms with Crippen LogP contribution in [-0.2, 0) is 4.79 Å². The number of ketones is 1. The Morgan fingerprint density at radius 1 is 0.968 bits per heavy atom. The van der Waals surface area contributed by atoms with Gasteiger partial charge in [0.15, 0.2) is 11.9 Å². The molecule has 1 aliphatic rings. The summed E-state index contributed by atoms with van der Waals surface area (Å²) in [6.07, 6.45) is -1.26. The summed E-state index contributed by atoms with van der Waals surface area (Å²) in [6, 6.07) is 18.9. The van der Waals surface area contributed by atoms with E-state index in [1.807, 2.05) is 38.1 Å². The van der Waals surface area contributed by atoms with E-state index in [1.54, 1.807) is 36.4 Å². The van der Waals surface area contributed by atoms with E-state index in [2.05, 4.69) is 4.99 Å². The fraction of sp³-hybridized carbons (Fsp3) is 0.160. The number of anilines is 1. The van der Waals surface area contributed by atoms with Crippen LogP contribution < -0.4 is 10.6 Å². The van der Waals surface area contributed by atoms with Gasteiger partial charge in [-0.25, -0.2) is 4.39 Å². The minimum Gasteiger partial charge on any atom is -0.302 e. The molecule has 0 aromatic heterocycles. The monoisotopic (exact) mass is 415 g/mol. The lowest BCUT2D eigenvalue weighted by Crippen LogP contribution is -2.45. The highest BCUT2D eigenvalue weighted by molar-refractivity contribution is 6.21. The summed E-state index contributed by atoms with van der Waals surface area (Å²) in [6.45, 7) is 3.50. The van der Waals surface area contributed by atoms with Crippen molar-refractivity contribution in [1.29, 1.82) is 0 Å². The zero-order valence-corrected chi connectivity index (χ0v) is 17.3. The van der Waals surface area contributed by atoms with Crippen molar-refractivity contribution in [2.24, 2.45) is 10.7 Å². The van der Waals surface area contributed by atoms with Crippen LogP contribution in [0.3, 0.4) is 0 Å². The van der Waals surface area contributed by atoms with Gasteiger partial charge in [0, 0.05) is 16.7 Å². The van der Waals surface area contributed by atoms with E-state index < -0.39 is 17.9 Å². The van der Waals surface area contributed by atoms with Crippen molar-refractivity contribution in [3.05, 3.63) is 100 Å². The molecule has 0 aliphatic carbocycles. The van der Waals surface area contributed by atoms with E-state index in [9.17, 15) is 14.0 Å². The highest BCUT2D eigenvalue weighted by Crippen LogP contribution is 2.32. The summed E-state index contributed by atoms with van der Waals surface area (Å²) in [4.78, 5) is 32.1. The van der Waals surface area contributed by atoms with Crippen LogP contribution in [0.2, 0.25) is 0 Å². The van der Waals surface area contributed by atoms with Crippen LogP contribution in [0.5, 0.6) is 0 Å². The Morgan fingerprint density at radius 3 is 2.35 bits per heavy atom. The molecule has 0 bridgehead atoms. The number of benzene rings is 3. The van der Waals surface area contributed by atoms with Gasteiger partial charge in [0.25, 0.3) is 5.91 Å². The molecule has 31 heavy (non-hydrogen) atoms. The first-order chi connectivity index (χ1) is 14.9. The number of hydrogen-bond acceptors (Lipinski definition) is 4. The number of halogens is 1. The van der Waals surface area contributed by atoms with Crippen molar-refractivity contribution >= 4 is 23.1 Å². The molecule has 3 aromatic rings. The van der Waals surface area contributed by atoms with Crippen LogP contribution >= 0.6 is 0 Å². The van der Waals surface area contributed by atoms with Crippen molar-refractivity contribution in [2.45, 2.75) is 20.0 Å². The molecule has 2 N–H and O–H groups in total. The van der Waals surface area contributed by atoms with Gasteiger partial charge in [0.05, 0.1) is 17.9 Å². The van der Waals surface area contributed by atoms with Crippen LogP contribution in [0.15, 0.2) is 71.7 Å². The van der Waals surface area contributed by atoms with Crippen LogP contribution in [0.25, 0.3) is 0 Å². The standard InChI is InChI=1S/C25H22FN3O2/c1-15-8-3-4-10-17(15)21(30)14-29-23-16(2)9-7-12-19(23)22(28-24(27)25(29)31)18-11-5-6-13-20(18)26/h3-13,24H,14,27H2,1-2H3. The average Bonchev–Trinajstić information content (AvgIpc) is 2.85. The van der Waals surface area contributed by atoms with Gasteiger partial charge in [-0.3, -0.25) is 14.6 Å². The topological polar surface area (TPSA) is 75.8 Å². The summed E-state index contributed by atoms with van der Waals surface area (Å²) in [5.41, 5.74) is 9.87. The number of carbonyl (C=O) groups excluding carboxylic acids is 2. The molecule has 0 saturated heterocycles. The van der Waals surface area contributed by atoms with Gasteiger partial charge in [-0.1, -0.05) is 54.6 Å². The number of nitrogens with two attached hydrogens (primary N) is 1.